The van der Waals surface area contributed by atoms with Gasteiger partial charge in [0.1, 0.15) is 0 Å². The smallest absolute Gasteiger partial charge is 0.0467 e. The summed E-state index contributed by atoms with van der Waals surface area (Å²) < 4.78 is 0. The highest BCUT2D eigenvalue weighted by Gasteiger charge is 2.25. The van der Waals surface area contributed by atoms with Gasteiger partial charge in [-0.25, -0.2) is 0 Å². The lowest BCUT2D eigenvalue weighted by Gasteiger charge is -2.31. The van der Waals surface area contributed by atoms with Crippen molar-refractivity contribution in [3.63, 3.8) is 0 Å². The minimum Gasteiger partial charge on any atom is -0.396 e. The van der Waals surface area contributed by atoms with Gasteiger partial charge in [-0.3, -0.25) is 0 Å². The average molecular weight is 154 g/mol. The first-order valence-electron chi connectivity index (χ1n) is 4.43. The first kappa shape index (κ1) is 8.79. The summed E-state index contributed by atoms with van der Waals surface area (Å²) in [6, 6.07) is 0. The monoisotopic (exact) mass is 154 g/mol. The molecule has 0 saturated heterocycles. The van der Waals surface area contributed by atoms with Crippen molar-refractivity contribution < 1.29 is 5.11 Å². The predicted molar refractivity (Wildman–Crippen MR) is 47.3 cm³/mol. The number of aliphatic hydroxyl groups excluding tert-OH is 1. The van der Waals surface area contributed by atoms with Crippen LogP contribution in [0.4, 0.5) is 0 Å². The summed E-state index contributed by atoms with van der Waals surface area (Å²) in [5.74, 6) is 1.70. The second-order valence-electron chi connectivity index (χ2n) is 3.90. The summed E-state index contributed by atoms with van der Waals surface area (Å²) in [5.41, 5.74) is 1.48. The van der Waals surface area contributed by atoms with Gasteiger partial charge in [0.05, 0.1) is 0 Å². The molecule has 0 bridgehead atoms. The Bertz CT molecular complexity index is 160. The molecule has 0 spiro atoms. The summed E-state index contributed by atoms with van der Waals surface area (Å²) in [5, 5.41) is 9.09. The molecule has 1 aliphatic rings. The standard InChI is InChI=1S/C10H18O/c1-7-4-8(2)10(6-11)9(3)5-7/h4,8-11H,5-6H2,1-3H3/t8-,9+,10+/m0/s1. The molecule has 1 aliphatic carbocycles. The van der Waals surface area contributed by atoms with E-state index in [0.29, 0.717) is 24.4 Å². The van der Waals surface area contributed by atoms with E-state index >= 15 is 0 Å². The van der Waals surface area contributed by atoms with Gasteiger partial charge in [-0.05, 0) is 31.1 Å². The second-order valence-corrected chi connectivity index (χ2v) is 3.90. The maximum atomic E-state index is 9.09. The fourth-order valence-corrected chi connectivity index (χ4v) is 2.16. The van der Waals surface area contributed by atoms with Gasteiger partial charge >= 0.3 is 0 Å². The fraction of sp³-hybridized carbons (Fsp3) is 0.800. The van der Waals surface area contributed by atoms with Crippen LogP contribution in [-0.4, -0.2) is 11.7 Å². The minimum atomic E-state index is 0.339. The number of hydrogen-bond acceptors (Lipinski definition) is 1. The van der Waals surface area contributed by atoms with E-state index in [9.17, 15) is 0 Å². The van der Waals surface area contributed by atoms with Gasteiger partial charge in [0.15, 0.2) is 0 Å². The number of allylic oxidation sites excluding steroid dienone is 2. The Morgan fingerprint density at radius 1 is 1.55 bits per heavy atom. The SMILES string of the molecule is CC1=C[C@H](C)[C@@H](CO)[C@H](C)C1. The van der Waals surface area contributed by atoms with E-state index in [1.807, 2.05) is 0 Å². The van der Waals surface area contributed by atoms with Crippen LogP contribution in [0.25, 0.3) is 0 Å². The highest BCUT2D eigenvalue weighted by atomic mass is 16.3. The van der Waals surface area contributed by atoms with Crippen LogP contribution in [0.5, 0.6) is 0 Å². The third-order valence-electron chi connectivity index (χ3n) is 2.81. The van der Waals surface area contributed by atoms with Crippen molar-refractivity contribution >= 4 is 0 Å². The highest BCUT2D eigenvalue weighted by molar-refractivity contribution is 5.07. The molecule has 0 saturated carbocycles. The Balaban J connectivity index is 2.69. The Labute approximate surface area is 69.1 Å². The first-order valence-corrected chi connectivity index (χ1v) is 4.43. The molecule has 0 fully saturated rings. The quantitative estimate of drug-likeness (QED) is 0.574. The molecule has 0 amide bonds. The molecule has 11 heavy (non-hydrogen) atoms. The van der Waals surface area contributed by atoms with Gasteiger partial charge in [0.2, 0.25) is 0 Å². The van der Waals surface area contributed by atoms with Crippen LogP contribution in [0.15, 0.2) is 11.6 Å². The zero-order valence-corrected chi connectivity index (χ0v) is 7.67. The van der Waals surface area contributed by atoms with Crippen molar-refractivity contribution in [2.24, 2.45) is 17.8 Å². The van der Waals surface area contributed by atoms with Gasteiger partial charge in [0, 0.05) is 6.61 Å². The lowest BCUT2D eigenvalue weighted by Crippen LogP contribution is -2.26. The summed E-state index contributed by atoms with van der Waals surface area (Å²) in [6.45, 7) is 6.95. The Hall–Kier alpha value is -0.300. The maximum absolute atomic E-state index is 9.09. The normalized spacial score (nSPS) is 38.5. The molecule has 1 nitrogen and oxygen atoms in total. The first-order chi connectivity index (χ1) is 5.15. The van der Waals surface area contributed by atoms with Crippen molar-refractivity contribution in [2.75, 3.05) is 6.61 Å². The van der Waals surface area contributed by atoms with Crippen LogP contribution in [-0.2, 0) is 0 Å². The van der Waals surface area contributed by atoms with Crippen LogP contribution >= 0.6 is 0 Å². The average Bonchev–Trinajstić information content (AvgIpc) is 1.85. The van der Waals surface area contributed by atoms with Crippen molar-refractivity contribution in [2.45, 2.75) is 27.2 Å². The van der Waals surface area contributed by atoms with Gasteiger partial charge in [-0.15, -0.1) is 0 Å². The molecule has 0 aromatic carbocycles. The second kappa shape index (κ2) is 3.40. The van der Waals surface area contributed by atoms with Gasteiger partial charge in [-0.2, -0.15) is 0 Å². The maximum Gasteiger partial charge on any atom is 0.0467 e. The van der Waals surface area contributed by atoms with Gasteiger partial charge in [0.25, 0.3) is 0 Å². The predicted octanol–water partition coefficient (Wildman–Crippen LogP) is 2.22. The summed E-state index contributed by atoms with van der Waals surface area (Å²) in [7, 11) is 0. The van der Waals surface area contributed by atoms with Crippen molar-refractivity contribution in [1.82, 2.24) is 0 Å². The third-order valence-corrected chi connectivity index (χ3v) is 2.81. The molecule has 64 valence electrons. The molecular formula is C10H18O. The Morgan fingerprint density at radius 3 is 2.64 bits per heavy atom. The minimum absolute atomic E-state index is 0.339. The van der Waals surface area contributed by atoms with Crippen molar-refractivity contribution in [3.05, 3.63) is 11.6 Å². The van der Waals surface area contributed by atoms with Crippen LogP contribution in [0.1, 0.15) is 27.2 Å². The van der Waals surface area contributed by atoms with E-state index in [0.717, 1.165) is 6.42 Å². The zero-order chi connectivity index (χ0) is 8.43. The van der Waals surface area contributed by atoms with E-state index in [2.05, 4.69) is 26.8 Å². The van der Waals surface area contributed by atoms with Crippen LogP contribution < -0.4 is 0 Å². The Morgan fingerprint density at radius 2 is 2.18 bits per heavy atom. The van der Waals surface area contributed by atoms with E-state index in [1.165, 1.54) is 5.57 Å². The van der Waals surface area contributed by atoms with E-state index in [-0.39, 0.29) is 0 Å². The molecular weight excluding hydrogens is 136 g/mol. The molecule has 0 aliphatic heterocycles. The molecule has 0 unspecified atom stereocenters. The molecule has 1 N–H and O–H groups in total. The van der Waals surface area contributed by atoms with Gasteiger partial charge < -0.3 is 5.11 Å². The fourth-order valence-electron chi connectivity index (χ4n) is 2.16. The largest absolute Gasteiger partial charge is 0.396 e. The molecule has 0 radical (unpaired) electrons. The van der Waals surface area contributed by atoms with Crippen LogP contribution in [0, 0.1) is 17.8 Å². The summed E-state index contributed by atoms with van der Waals surface area (Å²) in [4.78, 5) is 0. The van der Waals surface area contributed by atoms with Crippen LogP contribution in [0.3, 0.4) is 0 Å². The molecule has 0 aromatic heterocycles. The van der Waals surface area contributed by atoms with E-state index in [4.69, 9.17) is 5.11 Å². The lowest BCUT2D eigenvalue weighted by molar-refractivity contribution is 0.144. The van der Waals surface area contributed by atoms with Gasteiger partial charge in [-0.1, -0.05) is 25.5 Å². The van der Waals surface area contributed by atoms with Crippen LogP contribution in [0.2, 0.25) is 0 Å². The topological polar surface area (TPSA) is 20.2 Å². The highest BCUT2D eigenvalue weighted by Crippen LogP contribution is 2.32. The third kappa shape index (κ3) is 1.84. The summed E-state index contributed by atoms with van der Waals surface area (Å²) >= 11 is 0. The van der Waals surface area contributed by atoms with Crippen molar-refractivity contribution in [1.29, 1.82) is 0 Å². The lowest BCUT2D eigenvalue weighted by atomic mass is 9.75. The van der Waals surface area contributed by atoms with Crippen molar-refractivity contribution in [3.8, 4) is 0 Å². The number of aliphatic hydroxyl groups is 1. The number of hydrogen-bond donors (Lipinski definition) is 1. The Kier molecular flexibility index (Phi) is 2.72. The molecule has 1 heteroatoms. The van der Waals surface area contributed by atoms with E-state index in [1.54, 1.807) is 0 Å². The molecule has 0 heterocycles. The van der Waals surface area contributed by atoms with E-state index < -0.39 is 0 Å². The molecule has 3 atom stereocenters. The zero-order valence-electron chi connectivity index (χ0n) is 7.67. The molecule has 0 aromatic rings. The summed E-state index contributed by atoms with van der Waals surface area (Å²) in [6.07, 6.45) is 3.45. The molecule has 1 rings (SSSR count). The number of rotatable bonds is 1.